The summed E-state index contributed by atoms with van der Waals surface area (Å²) in [4.78, 5) is 14.9. The molecule has 2 aliphatic heterocycles. The van der Waals surface area contributed by atoms with Gasteiger partial charge in [-0.3, -0.25) is 9.89 Å². The van der Waals surface area contributed by atoms with E-state index in [1.165, 1.54) is 19.3 Å². The van der Waals surface area contributed by atoms with Crippen molar-refractivity contribution in [1.82, 2.24) is 15.1 Å². The van der Waals surface area contributed by atoms with Gasteiger partial charge in [-0.2, -0.15) is 5.10 Å². The second-order valence-corrected chi connectivity index (χ2v) is 7.90. The third kappa shape index (κ3) is 3.22. The number of aromatic amines is 1. The Bertz CT molecular complexity index is 601. The van der Waals surface area contributed by atoms with Gasteiger partial charge in [-0.1, -0.05) is 19.3 Å². The molecule has 0 radical (unpaired) electrons. The number of hydrogen-bond donors (Lipinski definition) is 2. The maximum absolute atomic E-state index is 13.0. The van der Waals surface area contributed by atoms with Crippen molar-refractivity contribution in [2.24, 2.45) is 0 Å². The molecule has 1 aliphatic carbocycles. The van der Waals surface area contributed by atoms with E-state index in [9.17, 15) is 9.90 Å². The van der Waals surface area contributed by atoms with E-state index in [0.717, 1.165) is 56.4 Å². The van der Waals surface area contributed by atoms with Gasteiger partial charge < -0.3 is 14.7 Å². The van der Waals surface area contributed by atoms with Crippen molar-refractivity contribution >= 4 is 5.91 Å². The van der Waals surface area contributed by atoms with Crippen molar-refractivity contribution in [3.8, 4) is 0 Å². The smallest absolute Gasteiger partial charge is 0.257 e. The lowest BCUT2D eigenvalue weighted by atomic mass is 9.81. The van der Waals surface area contributed by atoms with Crippen LogP contribution in [0.5, 0.6) is 0 Å². The van der Waals surface area contributed by atoms with Gasteiger partial charge in [0.25, 0.3) is 5.91 Å². The summed E-state index contributed by atoms with van der Waals surface area (Å²) in [5.74, 6) is 0.518. The van der Waals surface area contributed by atoms with Crippen LogP contribution in [0.2, 0.25) is 0 Å². The lowest BCUT2D eigenvalue weighted by molar-refractivity contribution is -0.174. The third-order valence-corrected chi connectivity index (χ3v) is 6.43. The van der Waals surface area contributed by atoms with E-state index in [4.69, 9.17) is 4.74 Å². The quantitative estimate of drug-likeness (QED) is 0.862. The number of piperidine rings is 1. The van der Waals surface area contributed by atoms with Gasteiger partial charge >= 0.3 is 0 Å². The Kier molecular flexibility index (Phi) is 4.82. The number of nitrogens with one attached hydrogen (secondary N) is 1. The lowest BCUT2D eigenvalue weighted by Crippen LogP contribution is -2.56. The highest BCUT2D eigenvalue weighted by Crippen LogP contribution is 2.37. The van der Waals surface area contributed by atoms with E-state index in [2.05, 4.69) is 10.2 Å². The number of likely N-dealkylation sites (tertiary alicyclic amines) is 1. The Hall–Kier alpha value is -1.40. The van der Waals surface area contributed by atoms with Crippen LogP contribution in [0.4, 0.5) is 0 Å². The molecule has 6 nitrogen and oxygen atoms in total. The minimum atomic E-state index is -0.433. The van der Waals surface area contributed by atoms with Crippen molar-refractivity contribution in [1.29, 1.82) is 0 Å². The van der Waals surface area contributed by atoms with Crippen LogP contribution in [0, 0.1) is 0 Å². The van der Waals surface area contributed by atoms with E-state index in [1.54, 1.807) is 6.20 Å². The summed E-state index contributed by atoms with van der Waals surface area (Å²) in [5, 5.41) is 17.6. The van der Waals surface area contributed by atoms with Gasteiger partial charge in [0.1, 0.15) is 0 Å². The number of ether oxygens (including phenoxy) is 1. The Labute approximate surface area is 148 Å². The molecule has 0 bridgehead atoms. The fraction of sp³-hybridized carbons (Fsp3) is 0.789. The predicted molar refractivity (Wildman–Crippen MR) is 93.5 cm³/mol. The van der Waals surface area contributed by atoms with E-state index in [-0.39, 0.29) is 5.91 Å². The van der Waals surface area contributed by atoms with Crippen LogP contribution in [0.3, 0.4) is 0 Å². The highest BCUT2D eigenvalue weighted by atomic mass is 16.5. The molecule has 3 fully saturated rings. The number of hydrogen-bond acceptors (Lipinski definition) is 4. The number of aromatic nitrogens is 2. The summed E-state index contributed by atoms with van der Waals surface area (Å²) in [7, 11) is 0. The number of carbonyl (C=O) groups excluding carboxylic acids is 1. The molecule has 138 valence electrons. The Balaban J connectivity index is 1.43. The van der Waals surface area contributed by atoms with E-state index in [1.807, 2.05) is 4.90 Å². The molecule has 2 N–H and O–H groups in total. The number of aliphatic hydroxyl groups is 1. The van der Waals surface area contributed by atoms with Crippen LogP contribution in [-0.2, 0) is 4.74 Å². The van der Waals surface area contributed by atoms with Crippen LogP contribution < -0.4 is 0 Å². The first kappa shape index (κ1) is 17.0. The molecule has 25 heavy (non-hydrogen) atoms. The molecular weight excluding hydrogens is 318 g/mol. The number of aliphatic hydroxyl groups excluding tert-OH is 1. The van der Waals surface area contributed by atoms with Gasteiger partial charge in [-0.15, -0.1) is 0 Å². The minimum Gasteiger partial charge on any atom is -0.390 e. The highest BCUT2D eigenvalue weighted by Gasteiger charge is 2.44. The van der Waals surface area contributed by atoms with Gasteiger partial charge in [0, 0.05) is 25.6 Å². The van der Waals surface area contributed by atoms with E-state index in [0.29, 0.717) is 19.0 Å². The molecular formula is C19H29N3O3. The molecule has 3 aliphatic rings. The average Bonchev–Trinajstić information content (AvgIpc) is 3.15. The number of nitrogens with zero attached hydrogens (tertiary/aromatic N) is 2. The zero-order valence-corrected chi connectivity index (χ0v) is 14.9. The lowest BCUT2D eigenvalue weighted by Gasteiger charge is -2.46. The Morgan fingerprint density at radius 3 is 2.68 bits per heavy atom. The van der Waals surface area contributed by atoms with Gasteiger partial charge in [0.05, 0.1) is 29.2 Å². The minimum absolute atomic E-state index is 0.0782. The summed E-state index contributed by atoms with van der Waals surface area (Å²) >= 11 is 0. The first-order chi connectivity index (χ1) is 12.2. The zero-order valence-electron chi connectivity index (χ0n) is 14.9. The molecule has 4 rings (SSSR count). The third-order valence-electron chi connectivity index (χ3n) is 6.43. The molecule has 1 aromatic rings. The van der Waals surface area contributed by atoms with E-state index < -0.39 is 11.7 Å². The molecule has 0 unspecified atom stereocenters. The van der Waals surface area contributed by atoms with Crippen LogP contribution in [0.1, 0.15) is 79.8 Å². The van der Waals surface area contributed by atoms with Crippen LogP contribution >= 0.6 is 0 Å². The fourth-order valence-corrected chi connectivity index (χ4v) is 4.82. The summed E-state index contributed by atoms with van der Waals surface area (Å²) in [6.07, 6.45) is 10.5. The van der Waals surface area contributed by atoms with Crippen LogP contribution in [-0.4, -0.2) is 57.5 Å². The van der Waals surface area contributed by atoms with Crippen molar-refractivity contribution in [3.63, 3.8) is 0 Å². The second-order valence-electron chi connectivity index (χ2n) is 7.90. The summed E-state index contributed by atoms with van der Waals surface area (Å²) < 4.78 is 5.95. The van der Waals surface area contributed by atoms with Crippen molar-refractivity contribution in [2.45, 2.75) is 75.4 Å². The molecule has 3 heterocycles. The van der Waals surface area contributed by atoms with Crippen molar-refractivity contribution in [3.05, 3.63) is 17.5 Å². The summed E-state index contributed by atoms with van der Waals surface area (Å²) in [6, 6.07) is 0. The maximum atomic E-state index is 13.0. The highest BCUT2D eigenvalue weighted by molar-refractivity contribution is 5.95. The largest absolute Gasteiger partial charge is 0.390 e. The monoisotopic (exact) mass is 347 g/mol. The van der Waals surface area contributed by atoms with Crippen LogP contribution in [0.15, 0.2) is 6.20 Å². The maximum Gasteiger partial charge on any atom is 0.257 e. The topological polar surface area (TPSA) is 78.5 Å². The predicted octanol–water partition coefficient (Wildman–Crippen LogP) is 2.60. The van der Waals surface area contributed by atoms with Gasteiger partial charge in [0.2, 0.25) is 0 Å². The van der Waals surface area contributed by atoms with Crippen LogP contribution in [0.25, 0.3) is 0 Å². The SMILES string of the molecule is O=C(c1cn[nH]c1C1CCCCC1)N1CCC2(CC1)OCCC[C@H]2O. The summed E-state index contributed by atoms with van der Waals surface area (Å²) in [6.45, 7) is 2.01. The normalized spacial score (nSPS) is 27.6. The number of carbonyl (C=O) groups is 1. The molecule has 1 saturated carbocycles. The first-order valence-corrected chi connectivity index (χ1v) is 9.84. The number of rotatable bonds is 2. The Morgan fingerprint density at radius 2 is 1.96 bits per heavy atom. The van der Waals surface area contributed by atoms with Gasteiger partial charge in [0.15, 0.2) is 0 Å². The molecule has 1 atom stereocenters. The number of H-pyrrole nitrogens is 1. The fourth-order valence-electron chi connectivity index (χ4n) is 4.82. The Morgan fingerprint density at radius 1 is 1.20 bits per heavy atom. The van der Waals surface area contributed by atoms with Crippen molar-refractivity contribution in [2.75, 3.05) is 19.7 Å². The molecule has 2 saturated heterocycles. The standard InChI is InChI=1S/C19H29N3O3/c23-16-7-4-12-25-19(16)8-10-22(11-9-19)18(24)15-13-20-21-17(15)14-5-2-1-3-6-14/h13-14,16,23H,1-12H2,(H,20,21)/t16-/m1/s1. The van der Waals surface area contributed by atoms with Crippen molar-refractivity contribution < 1.29 is 14.6 Å². The van der Waals surface area contributed by atoms with Gasteiger partial charge in [-0.25, -0.2) is 0 Å². The van der Waals surface area contributed by atoms with Gasteiger partial charge in [-0.05, 0) is 38.5 Å². The van der Waals surface area contributed by atoms with E-state index >= 15 is 0 Å². The summed E-state index contributed by atoms with van der Waals surface area (Å²) in [5.41, 5.74) is 1.34. The molecule has 1 spiro atoms. The molecule has 6 heteroatoms. The molecule has 1 amide bonds. The number of amides is 1. The molecule has 0 aromatic carbocycles. The first-order valence-electron chi connectivity index (χ1n) is 9.84. The molecule has 1 aromatic heterocycles. The second kappa shape index (κ2) is 7.08. The zero-order chi connectivity index (χ0) is 17.3. The average molecular weight is 347 g/mol.